The van der Waals surface area contributed by atoms with Crippen LogP contribution in [0.2, 0.25) is 0 Å². The van der Waals surface area contributed by atoms with Gasteiger partial charge >= 0.3 is 0 Å². The van der Waals surface area contributed by atoms with Crippen molar-refractivity contribution in [2.24, 2.45) is 12.5 Å². The van der Waals surface area contributed by atoms with E-state index in [4.69, 9.17) is 9.47 Å². The normalized spacial score (nSPS) is 25.3. The third-order valence-corrected chi connectivity index (χ3v) is 5.03. The van der Waals surface area contributed by atoms with Crippen LogP contribution in [0, 0.1) is 5.41 Å². The van der Waals surface area contributed by atoms with Gasteiger partial charge < -0.3 is 18.9 Å². The number of hydrogen-bond donors (Lipinski definition) is 0. The van der Waals surface area contributed by atoms with Crippen molar-refractivity contribution in [2.75, 3.05) is 52.6 Å². The molecule has 1 amide bonds. The number of amides is 1. The maximum Gasteiger partial charge on any atom is 0.248 e. The lowest BCUT2D eigenvalue weighted by atomic mass is 9.87. The molecule has 24 heavy (non-hydrogen) atoms. The molecule has 3 heterocycles. The van der Waals surface area contributed by atoms with E-state index < -0.39 is 0 Å². The second-order valence-electron chi connectivity index (χ2n) is 6.92. The van der Waals surface area contributed by atoms with Gasteiger partial charge in [-0.05, 0) is 19.9 Å². The number of likely N-dealkylation sites (tertiary alicyclic amines) is 1. The van der Waals surface area contributed by atoms with Gasteiger partial charge in [0.1, 0.15) is 12.4 Å². The Hall–Kier alpha value is -1.44. The van der Waals surface area contributed by atoms with E-state index in [9.17, 15) is 4.79 Å². The molecule has 1 aromatic rings. The summed E-state index contributed by atoms with van der Waals surface area (Å²) < 4.78 is 13.2. The van der Waals surface area contributed by atoms with E-state index in [0.29, 0.717) is 19.8 Å². The van der Waals surface area contributed by atoms with Crippen molar-refractivity contribution in [1.29, 1.82) is 0 Å². The van der Waals surface area contributed by atoms with Gasteiger partial charge in [0.25, 0.3) is 0 Å². The lowest BCUT2D eigenvalue weighted by molar-refractivity contribution is -0.137. The number of imidazole rings is 1. The molecule has 1 aromatic heterocycles. The van der Waals surface area contributed by atoms with Crippen molar-refractivity contribution < 1.29 is 14.3 Å². The molecule has 134 valence electrons. The number of hydrogen-bond acceptors (Lipinski definition) is 5. The van der Waals surface area contributed by atoms with Crippen LogP contribution in [0.15, 0.2) is 12.4 Å². The summed E-state index contributed by atoms with van der Waals surface area (Å²) in [6, 6.07) is 0. The van der Waals surface area contributed by atoms with Crippen molar-refractivity contribution >= 4 is 5.91 Å². The highest BCUT2D eigenvalue weighted by atomic mass is 16.5. The van der Waals surface area contributed by atoms with E-state index in [1.54, 1.807) is 0 Å². The van der Waals surface area contributed by atoms with Gasteiger partial charge in [-0.2, -0.15) is 0 Å². The van der Waals surface area contributed by atoms with E-state index in [1.807, 2.05) is 31.3 Å². The SMILES string of the molecule is CCOCC(=O)N1CCOC[C@]2(CCN(Cc3nccn3C)C2)C1. The Kier molecular flexibility index (Phi) is 5.53. The summed E-state index contributed by atoms with van der Waals surface area (Å²) in [6.45, 7) is 8.21. The molecular weight excluding hydrogens is 308 g/mol. The fraction of sp³-hybridized carbons (Fsp3) is 0.765. The van der Waals surface area contributed by atoms with Crippen molar-refractivity contribution in [3.05, 3.63) is 18.2 Å². The maximum atomic E-state index is 12.4. The number of aryl methyl sites for hydroxylation is 1. The topological polar surface area (TPSA) is 59.8 Å². The van der Waals surface area contributed by atoms with E-state index >= 15 is 0 Å². The Bertz CT molecular complexity index is 562. The lowest BCUT2D eigenvalue weighted by Gasteiger charge is -2.32. The molecule has 2 saturated heterocycles. The molecule has 2 fully saturated rings. The number of ether oxygens (including phenoxy) is 2. The highest BCUT2D eigenvalue weighted by Crippen LogP contribution is 2.34. The van der Waals surface area contributed by atoms with E-state index in [0.717, 1.165) is 45.0 Å². The van der Waals surface area contributed by atoms with Crippen molar-refractivity contribution in [3.8, 4) is 0 Å². The molecule has 0 aliphatic carbocycles. The van der Waals surface area contributed by atoms with E-state index in [2.05, 4.69) is 14.5 Å². The maximum absolute atomic E-state index is 12.4. The first-order chi connectivity index (χ1) is 11.6. The van der Waals surface area contributed by atoms with Crippen LogP contribution < -0.4 is 0 Å². The van der Waals surface area contributed by atoms with Gasteiger partial charge in [0.05, 0.1) is 19.8 Å². The van der Waals surface area contributed by atoms with Crippen molar-refractivity contribution in [3.63, 3.8) is 0 Å². The van der Waals surface area contributed by atoms with Crippen LogP contribution >= 0.6 is 0 Å². The summed E-state index contributed by atoms with van der Waals surface area (Å²) >= 11 is 0. The lowest BCUT2D eigenvalue weighted by Crippen LogP contribution is -2.44. The van der Waals surface area contributed by atoms with Gasteiger partial charge in [0, 0.05) is 51.1 Å². The Balaban J connectivity index is 1.61. The predicted molar refractivity (Wildman–Crippen MR) is 89.4 cm³/mol. The van der Waals surface area contributed by atoms with Crippen LogP contribution in [0.5, 0.6) is 0 Å². The minimum atomic E-state index is 0.0313. The molecular formula is C17H28N4O3. The first kappa shape index (κ1) is 17.4. The minimum absolute atomic E-state index is 0.0313. The number of nitrogens with zero attached hydrogens (tertiary/aromatic N) is 4. The van der Waals surface area contributed by atoms with Gasteiger partial charge in [0.2, 0.25) is 5.91 Å². The first-order valence-electron chi connectivity index (χ1n) is 8.74. The molecule has 7 heteroatoms. The van der Waals surface area contributed by atoms with Gasteiger partial charge in [-0.15, -0.1) is 0 Å². The third kappa shape index (κ3) is 3.96. The Morgan fingerprint density at radius 1 is 1.42 bits per heavy atom. The molecule has 0 N–H and O–H groups in total. The zero-order valence-electron chi connectivity index (χ0n) is 14.7. The second kappa shape index (κ2) is 7.63. The van der Waals surface area contributed by atoms with Gasteiger partial charge in [-0.3, -0.25) is 9.69 Å². The quantitative estimate of drug-likeness (QED) is 0.784. The van der Waals surface area contributed by atoms with Crippen LogP contribution in [0.4, 0.5) is 0 Å². The Morgan fingerprint density at radius 3 is 3.04 bits per heavy atom. The van der Waals surface area contributed by atoms with Gasteiger partial charge in [0.15, 0.2) is 0 Å². The van der Waals surface area contributed by atoms with E-state index in [-0.39, 0.29) is 17.9 Å². The minimum Gasteiger partial charge on any atom is -0.379 e. The molecule has 0 bridgehead atoms. The largest absolute Gasteiger partial charge is 0.379 e. The Labute approximate surface area is 143 Å². The van der Waals surface area contributed by atoms with Crippen molar-refractivity contribution in [2.45, 2.75) is 19.9 Å². The average molecular weight is 336 g/mol. The van der Waals surface area contributed by atoms with Crippen molar-refractivity contribution in [1.82, 2.24) is 19.4 Å². The van der Waals surface area contributed by atoms with Crippen LogP contribution in [-0.4, -0.2) is 77.9 Å². The smallest absolute Gasteiger partial charge is 0.248 e. The second-order valence-corrected chi connectivity index (χ2v) is 6.92. The van der Waals surface area contributed by atoms with Crippen LogP contribution in [-0.2, 0) is 27.9 Å². The standard InChI is InChI=1S/C17H28N4O3/c1-3-23-11-16(22)21-8-9-24-14-17(13-21)4-6-20(12-17)10-15-18-5-7-19(15)2/h5,7H,3-4,6,8-14H2,1-2H3/t17-/m0/s1. The number of carbonyl (C=O) groups is 1. The molecule has 0 saturated carbocycles. The molecule has 0 unspecified atom stereocenters. The van der Waals surface area contributed by atoms with Crippen LogP contribution in [0.1, 0.15) is 19.2 Å². The zero-order valence-corrected chi connectivity index (χ0v) is 14.7. The Morgan fingerprint density at radius 2 is 2.29 bits per heavy atom. The summed E-state index contributed by atoms with van der Waals surface area (Å²) in [5.74, 6) is 1.15. The average Bonchev–Trinajstić information content (AvgIpc) is 3.08. The predicted octanol–water partition coefficient (Wildman–Crippen LogP) is 0.508. The number of aromatic nitrogens is 2. The highest BCUT2D eigenvalue weighted by Gasteiger charge is 2.42. The highest BCUT2D eigenvalue weighted by molar-refractivity contribution is 5.77. The molecule has 2 aliphatic heterocycles. The molecule has 3 rings (SSSR count). The molecule has 0 aromatic carbocycles. The molecule has 2 aliphatic rings. The third-order valence-electron chi connectivity index (χ3n) is 5.03. The first-order valence-corrected chi connectivity index (χ1v) is 8.74. The summed E-state index contributed by atoms with van der Waals surface area (Å²) in [5, 5.41) is 0. The van der Waals surface area contributed by atoms with Crippen LogP contribution in [0.25, 0.3) is 0 Å². The summed E-state index contributed by atoms with van der Waals surface area (Å²) in [7, 11) is 2.02. The molecule has 7 nitrogen and oxygen atoms in total. The fourth-order valence-electron chi connectivity index (χ4n) is 3.64. The van der Waals surface area contributed by atoms with Crippen LogP contribution in [0.3, 0.4) is 0 Å². The summed E-state index contributed by atoms with van der Waals surface area (Å²) in [4.78, 5) is 21.1. The molecule has 1 atom stereocenters. The molecule has 1 spiro atoms. The summed E-state index contributed by atoms with van der Waals surface area (Å²) in [5.41, 5.74) is 0.0313. The molecule has 0 radical (unpaired) electrons. The van der Waals surface area contributed by atoms with E-state index in [1.165, 1.54) is 0 Å². The van der Waals surface area contributed by atoms with Gasteiger partial charge in [-0.1, -0.05) is 0 Å². The number of carbonyl (C=O) groups excluding carboxylic acids is 1. The fourth-order valence-corrected chi connectivity index (χ4v) is 3.64. The zero-order chi connectivity index (χ0) is 17.0. The number of rotatable bonds is 5. The summed E-state index contributed by atoms with van der Waals surface area (Å²) in [6.07, 6.45) is 4.87. The van der Waals surface area contributed by atoms with Gasteiger partial charge in [-0.25, -0.2) is 4.98 Å². The monoisotopic (exact) mass is 336 g/mol.